The van der Waals surface area contributed by atoms with E-state index in [1.165, 1.54) is 0 Å². The summed E-state index contributed by atoms with van der Waals surface area (Å²) in [4.78, 5) is 0. The molecule has 2 unspecified atom stereocenters. The van der Waals surface area contributed by atoms with E-state index in [2.05, 4.69) is 21.0 Å². The minimum absolute atomic E-state index is 0.513. The van der Waals surface area contributed by atoms with Crippen molar-refractivity contribution in [1.29, 1.82) is 0 Å². The number of hydrogen-bond donors (Lipinski definition) is 2. The highest BCUT2D eigenvalue weighted by molar-refractivity contribution is 9.10. The molecule has 0 aliphatic rings. The maximum atomic E-state index is 9.70. The molecule has 0 spiro atoms. The van der Waals surface area contributed by atoms with E-state index in [1.54, 1.807) is 17.9 Å². The third kappa shape index (κ3) is 2.10. The number of aliphatic hydroxyl groups excluding tert-OH is 2. The monoisotopic (exact) mass is 248 g/mol. The molecule has 1 aromatic rings. The van der Waals surface area contributed by atoms with Gasteiger partial charge >= 0.3 is 0 Å². The molecule has 2 N–H and O–H groups in total. The topological polar surface area (TPSA) is 58.3 Å². The van der Waals surface area contributed by atoms with Crippen LogP contribution in [-0.4, -0.2) is 26.1 Å². The van der Waals surface area contributed by atoms with Crippen LogP contribution in [0.15, 0.2) is 10.7 Å². The van der Waals surface area contributed by atoms with Gasteiger partial charge in [0.15, 0.2) is 0 Å². The van der Waals surface area contributed by atoms with E-state index < -0.39 is 12.2 Å². The second-order valence-corrected chi connectivity index (χ2v) is 3.78. The van der Waals surface area contributed by atoms with Gasteiger partial charge in [0.25, 0.3) is 0 Å². The quantitative estimate of drug-likeness (QED) is 0.839. The Morgan fingerprint density at radius 1 is 1.62 bits per heavy atom. The third-order valence-corrected chi connectivity index (χ3v) is 2.61. The van der Waals surface area contributed by atoms with Gasteiger partial charge in [0.1, 0.15) is 6.10 Å². The second kappa shape index (κ2) is 4.21. The third-order valence-electron chi connectivity index (χ3n) is 2.00. The first-order valence-electron chi connectivity index (χ1n) is 4.11. The summed E-state index contributed by atoms with van der Waals surface area (Å²) >= 11 is 3.26. The van der Waals surface area contributed by atoms with Crippen molar-refractivity contribution in [3.8, 4) is 0 Å². The predicted molar refractivity (Wildman–Crippen MR) is 52.2 cm³/mol. The van der Waals surface area contributed by atoms with Crippen molar-refractivity contribution >= 4 is 15.9 Å². The van der Waals surface area contributed by atoms with Gasteiger partial charge in [-0.2, -0.15) is 5.10 Å². The van der Waals surface area contributed by atoms with Crippen molar-refractivity contribution < 1.29 is 10.2 Å². The highest BCUT2D eigenvalue weighted by Gasteiger charge is 2.22. The molecule has 0 bridgehead atoms. The molecule has 0 fully saturated rings. The Labute approximate surface area is 85.3 Å². The Hall–Kier alpha value is -0.390. The maximum absolute atomic E-state index is 9.70. The molecule has 4 nitrogen and oxygen atoms in total. The minimum Gasteiger partial charge on any atom is -0.390 e. The summed E-state index contributed by atoms with van der Waals surface area (Å²) in [6.45, 7) is 1.82. The smallest absolute Gasteiger partial charge is 0.123 e. The van der Waals surface area contributed by atoms with Gasteiger partial charge in [-0.3, -0.25) is 4.68 Å². The molecule has 74 valence electrons. The molecule has 1 rings (SSSR count). The predicted octanol–water partition coefficient (Wildman–Crippen LogP) is 0.987. The average Bonchev–Trinajstić information content (AvgIpc) is 2.44. The molecule has 13 heavy (non-hydrogen) atoms. The number of aryl methyl sites for hydroxylation is 1. The van der Waals surface area contributed by atoms with E-state index in [9.17, 15) is 10.2 Å². The summed E-state index contributed by atoms with van der Waals surface area (Å²) in [5.41, 5.74) is 0.606. The Morgan fingerprint density at radius 3 is 2.62 bits per heavy atom. The number of aromatic nitrogens is 2. The van der Waals surface area contributed by atoms with Crippen LogP contribution in [0.2, 0.25) is 0 Å². The fraction of sp³-hybridized carbons (Fsp3) is 0.625. The first-order valence-corrected chi connectivity index (χ1v) is 4.90. The molecule has 0 saturated heterocycles. The molecular weight excluding hydrogens is 236 g/mol. The van der Waals surface area contributed by atoms with Gasteiger partial charge in [0.05, 0.1) is 22.5 Å². The van der Waals surface area contributed by atoms with E-state index in [0.717, 1.165) is 4.47 Å². The van der Waals surface area contributed by atoms with Gasteiger partial charge in [-0.1, -0.05) is 6.92 Å². The zero-order valence-electron chi connectivity index (χ0n) is 7.61. The van der Waals surface area contributed by atoms with Crippen molar-refractivity contribution in [2.24, 2.45) is 7.05 Å². The SMILES string of the molecule is CCC(O)C(O)c1c(Br)cnn1C. The number of aliphatic hydroxyl groups is 2. The van der Waals surface area contributed by atoms with Crippen LogP contribution in [0.5, 0.6) is 0 Å². The number of rotatable bonds is 3. The van der Waals surface area contributed by atoms with Gasteiger partial charge in [0.2, 0.25) is 0 Å². The molecule has 1 aromatic heterocycles. The summed E-state index contributed by atoms with van der Waals surface area (Å²) in [5, 5.41) is 23.1. The van der Waals surface area contributed by atoms with Crippen molar-refractivity contribution in [3.05, 3.63) is 16.4 Å². The van der Waals surface area contributed by atoms with E-state index in [0.29, 0.717) is 12.1 Å². The summed E-state index contributed by atoms with van der Waals surface area (Å²) in [6.07, 6.45) is 0.485. The maximum Gasteiger partial charge on any atom is 0.123 e. The van der Waals surface area contributed by atoms with Crippen LogP contribution in [0.3, 0.4) is 0 Å². The Bertz CT molecular complexity index is 268. The van der Waals surface area contributed by atoms with Gasteiger partial charge < -0.3 is 10.2 Å². The highest BCUT2D eigenvalue weighted by Crippen LogP contribution is 2.25. The molecule has 5 heteroatoms. The Kier molecular flexibility index (Phi) is 3.47. The van der Waals surface area contributed by atoms with Crippen LogP contribution < -0.4 is 0 Å². The number of nitrogens with zero attached hydrogens (tertiary/aromatic N) is 2. The summed E-state index contributed by atoms with van der Waals surface area (Å²) < 4.78 is 2.27. The normalized spacial score (nSPS) is 15.8. The molecule has 0 saturated carbocycles. The number of halogens is 1. The standard InChI is InChI=1S/C8H13BrN2O2/c1-3-6(12)8(13)7-5(9)4-10-11(7)2/h4,6,8,12-13H,3H2,1-2H3. The molecule has 0 amide bonds. The Morgan fingerprint density at radius 2 is 2.23 bits per heavy atom. The zero-order valence-corrected chi connectivity index (χ0v) is 9.19. The van der Waals surface area contributed by atoms with Crippen LogP contribution in [-0.2, 0) is 7.05 Å². The van der Waals surface area contributed by atoms with Gasteiger partial charge in [-0.05, 0) is 22.4 Å². The van der Waals surface area contributed by atoms with Crippen molar-refractivity contribution in [2.75, 3.05) is 0 Å². The molecule has 0 aliphatic heterocycles. The average molecular weight is 249 g/mol. The van der Waals surface area contributed by atoms with Crippen LogP contribution in [0.4, 0.5) is 0 Å². The zero-order chi connectivity index (χ0) is 10.0. The van der Waals surface area contributed by atoms with Gasteiger partial charge in [-0.15, -0.1) is 0 Å². The lowest BCUT2D eigenvalue weighted by molar-refractivity contribution is 0.0113. The van der Waals surface area contributed by atoms with Crippen molar-refractivity contribution in [2.45, 2.75) is 25.6 Å². The molecule has 1 heterocycles. The molecular formula is C8H13BrN2O2. The lowest BCUT2D eigenvalue weighted by Crippen LogP contribution is -2.20. The summed E-state index contributed by atoms with van der Waals surface area (Å²) in [5.74, 6) is 0. The van der Waals surface area contributed by atoms with Gasteiger partial charge in [-0.25, -0.2) is 0 Å². The van der Waals surface area contributed by atoms with Crippen LogP contribution in [0.1, 0.15) is 25.1 Å². The first kappa shape index (κ1) is 10.7. The molecule has 0 aromatic carbocycles. The fourth-order valence-electron chi connectivity index (χ4n) is 1.16. The fourth-order valence-corrected chi connectivity index (χ4v) is 1.74. The van der Waals surface area contributed by atoms with E-state index in [4.69, 9.17) is 0 Å². The van der Waals surface area contributed by atoms with Crippen molar-refractivity contribution in [1.82, 2.24) is 9.78 Å². The van der Waals surface area contributed by atoms with Crippen LogP contribution in [0.25, 0.3) is 0 Å². The highest BCUT2D eigenvalue weighted by atomic mass is 79.9. The lowest BCUT2D eigenvalue weighted by atomic mass is 10.1. The van der Waals surface area contributed by atoms with Crippen LogP contribution >= 0.6 is 15.9 Å². The Balaban J connectivity index is 2.93. The molecule has 2 atom stereocenters. The summed E-state index contributed by atoms with van der Waals surface area (Å²) in [6, 6.07) is 0. The van der Waals surface area contributed by atoms with Gasteiger partial charge in [0, 0.05) is 7.05 Å². The van der Waals surface area contributed by atoms with E-state index >= 15 is 0 Å². The number of hydrogen-bond acceptors (Lipinski definition) is 3. The van der Waals surface area contributed by atoms with E-state index in [1.807, 2.05) is 6.92 Å². The van der Waals surface area contributed by atoms with Crippen LogP contribution in [0, 0.1) is 0 Å². The first-order chi connectivity index (χ1) is 6.07. The van der Waals surface area contributed by atoms with E-state index in [-0.39, 0.29) is 0 Å². The summed E-state index contributed by atoms with van der Waals surface area (Å²) in [7, 11) is 1.73. The largest absolute Gasteiger partial charge is 0.390 e. The molecule has 0 aliphatic carbocycles. The second-order valence-electron chi connectivity index (χ2n) is 2.92. The lowest BCUT2D eigenvalue weighted by Gasteiger charge is -2.16. The van der Waals surface area contributed by atoms with Crippen molar-refractivity contribution in [3.63, 3.8) is 0 Å². The minimum atomic E-state index is -0.883. The molecule has 0 radical (unpaired) electrons.